The van der Waals surface area contributed by atoms with Crippen molar-refractivity contribution in [3.8, 4) is 5.75 Å². The number of ether oxygens (including phenoxy) is 2. The summed E-state index contributed by atoms with van der Waals surface area (Å²) in [4.78, 5) is 39.7. The molecule has 0 spiro atoms. The molecule has 2 N–H and O–H groups in total. The number of ketones is 1. The smallest absolute Gasteiger partial charge is 0.408 e. The van der Waals surface area contributed by atoms with E-state index in [1.54, 1.807) is 20.8 Å². The topological polar surface area (TPSA) is 115 Å². The van der Waals surface area contributed by atoms with Crippen molar-refractivity contribution in [1.82, 2.24) is 10.3 Å². The van der Waals surface area contributed by atoms with Gasteiger partial charge in [0.15, 0.2) is 5.78 Å². The van der Waals surface area contributed by atoms with E-state index in [0.717, 1.165) is 0 Å². The molecule has 0 aliphatic carbocycles. The number of carbonyl (C=O) groups excluding carboxylic acids is 3. The highest BCUT2D eigenvalue weighted by Gasteiger charge is 2.26. The fourth-order valence-electron chi connectivity index (χ4n) is 1.88. The Morgan fingerprint density at radius 3 is 2.52 bits per heavy atom. The number of methoxy groups -OCH3 is 1. The van der Waals surface area contributed by atoms with E-state index in [1.165, 1.54) is 19.5 Å². The van der Waals surface area contributed by atoms with Crippen LogP contribution in [0, 0.1) is 0 Å². The second kappa shape index (κ2) is 8.80. The first-order valence-electron chi connectivity index (χ1n) is 7.48. The monoisotopic (exact) mass is 416 g/mol. The van der Waals surface area contributed by atoms with Crippen molar-refractivity contribution >= 4 is 33.8 Å². The van der Waals surface area contributed by atoms with Crippen LogP contribution in [0.25, 0.3) is 0 Å². The van der Waals surface area contributed by atoms with Crippen molar-refractivity contribution in [3.05, 3.63) is 22.4 Å². The van der Waals surface area contributed by atoms with Crippen LogP contribution in [0.3, 0.4) is 0 Å². The zero-order valence-electron chi connectivity index (χ0n) is 14.5. The lowest BCUT2D eigenvalue weighted by molar-refractivity contribution is -0.143. The summed E-state index contributed by atoms with van der Waals surface area (Å²) in [5, 5.41) is 12.3. The molecule has 1 atom stereocenters. The molecule has 0 unspecified atom stereocenters. The van der Waals surface area contributed by atoms with Gasteiger partial charge >= 0.3 is 12.1 Å². The molecule has 0 aliphatic rings. The highest BCUT2D eigenvalue weighted by molar-refractivity contribution is 9.10. The average Bonchev–Trinajstić information content (AvgIpc) is 2.51. The summed E-state index contributed by atoms with van der Waals surface area (Å²) >= 11 is 3.08. The molecule has 1 rings (SSSR count). The van der Waals surface area contributed by atoms with Crippen LogP contribution in [-0.4, -0.2) is 46.7 Å². The summed E-state index contributed by atoms with van der Waals surface area (Å²) in [5.74, 6) is -1.35. The predicted octanol–water partition coefficient (Wildman–Crippen LogP) is 2.58. The quantitative estimate of drug-likeness (QED) is 0.540. The number of amides is 1. The Bertz CT molecular complexity index is 657. The summed E-state index contributed by atoms with van der Waals surface area (Å²) in [5.41, 5.74) is -0.704. The van der Waals surface area contributed by atoms with E-state index >= 15 is 0 Å². The normalized spacial score (nSPS) is 12.2. The highest BCUT2D eigenvalue weighted by atomic mass is 79.9. The lowest BCUT2D eigenvalue weighted by atomic mass is 10.0. The molecule has 0 saturated carbocycles. The molecule has 0 radical (unpaired) electrons. The molecule has 0 bridgehead atoms. The van der Waals surface area contributed by atoms with Crippen molar-refractivity contribution in [2.24, 2.45) is 0 Å². The van der Waals surface area contributed by atoms with Gasteiger partial charge < -0.3 is 19.9 Å². The third kappa shape index (κ3) is 6.69. The van der Waals surface area contributed by atoms with Crippen molar-refractivity contribution in [2.75, 3.05) is 7.11 Å². The Morgan fingerprint density at radius 1 is 1.32 bits per heavy atom. The third-order valence-electron chi connectivity index (χ3n) is 3.01. The lowest BCUT2D eigenvalue weighted by Gasteiger charge is -2.22. The fraction of sp³-hybridized carbons (Fsp3) is 0.500. The summed E-state index contributed by atoms with van der Waals surface area (Å²) in [7, 11) is 1.18. The van der Waals surface area contributed by atoms with E-state index < -0.39 is 29.5 Å². The SMILES string of the molecule is COC(=O)[C@@H](CCC(=O)c1cncc(Br)c1O)NC(=O)OC(C)(C)C. The molecule has 1 aromatic rings. The number of esters is 1. The third-order valence-corrected chi connectivity index (χ3v) is 3.59. The lowest BCUT2D eigenvalue weighted by Crippen LogP contribution is -2.44. The maximum absolute atomic E-state index is 12.2. The zero-order valence-corrected chi connectivity index (χ0v) is 16.0. The minimum atomic E-state index is -1.05. The minimum Gasteiger partial charge on any atom is -0.506 e. The number of aromatic hydroxyl groups is 1. The number of nitrogens with one attached hydrogen (secondary N) is 1. The number of halogens is 1. The Hall–Kier alpha value is -2.16. The Balaban J connectivity index is 2.76. The summed E-state index contributed by atoms with van der Waals surface area (Å²) < 4.78 is 10.0. The molecule has 1 aromatic heterocycles. The molecule has 0 saturated heterocycles. The number of rotatable bonds is 6. The molecular weight excluding hydrogens is 396 g/mol. The van der Waals surface area contributed by atoms with Gasteiger partial charge in [0.05, 0.1) is 17.1 Å². The van der Waals surface area contributed by atoms with Gasteiger partial charge in [-0.2, -0.15) is 0 Å². The molecule has 25 heavy (non-hydrogen) atoms. The first-order chi connectivity index (χ1) is 11.5. The molecule has 9 heteroatoms. The maximum atomic E-state index is 12.2. The van der Waals surface area contributed by atoms with Crippen molar-refractivity contribution in [2.45, 2.75) is 45.3 Å². The molecule has 1 amide bonds. The van der Waals surface area contributed by atoms with Gasteiger partial charge in [0.1, 0.15) is 17.4 Å². The molecular formula is C16H21BrN2O6. The number of hydrogen-bond acceptors (Lipinski definition) is 7. The van der Waals surface area contributed by atoms with Crippen LogP contribution in [0.4, 0.5) is 4.79 Å². The van der Waals surface area contributed by atoms with E-state index in [-0.39, 0.29) is 28.6 Å². The average molecular weight is 417 g/mol. The number of hydrogen-bond donors (Lipinski definition) is 2. The number of pyridine rings is 1. The van der Waals surface area contributed by atoms with Crippen LogP contribution in [0.1, 0.15) is 44.0 Å². The molecule has 138 valence electrons. The zero-order chi connectivity index (χ0) is 19.2. The van der Waals surface area contributed by atoms with Crippen LogP contribution in [0.5, 0.6) is 5.75 Å². The van der Waals surface area contributed by atoms with E-state index in [2.05, 4.69) is 31.0 Å². The standard InChI is InChI=1S/C16H21BrN2O6/c1-16(2,3)25-15(23)19-11(14(22)24-4)5-6-12(20)9-7-18-8-10(17)13(9)21/h7-8,11H,5-6H2,1-4H3,(H,18,21)(H,19,23)/t11-/m1/s1. The second-order valence-corrected chi connectivity index (χ2v) is 7.06. The van der Waals surface area contributed by atoms with Gasteiger partial charge in [-0.05, 0) is 43.1 Å². The van der Waals surface area contributed by atoms with E-state index in [1.807, 2.05) is 0 Å². The Labute approximate surface area is 154 Å². The molecule has 8 nitrogen and oxygen atoms in total. The van der Waals surface area contributed by atoms with Crippen LogP contribution in [-0.2, 0) is 14.3 Å². The van der Waals surface area contributed by atoms with Crippen LogP contribution in [0.2, 0.25) is 0 Å². The van der Waals surface area contributed by atoms with Crippen molar-refractivity contribution in [1.29, 1.82) is 0 Å². The van der Waals surface area contributed by atoms with Crippen LogP contribution >= 0.6 is 15.9 Å². The second-order valence-electron chi connectivity index (χ2n) is 6.20. The van der Waals surface area contributed by atoms with E-state index in [0.29, 0.717) is 0 Å². The van der Waals surface area contributed by atoms with Crippen LogP contribution in [0.15, 0.2) is 16.9 Å². The van der Waals surface area contributed by atoms with Crippen LogP contribution < -0.4 is 5.32 Å². The predicted molar refractivity (Wildman–Crippen MR) is 92.3 cm³/mol. The Morgan fingerprint density at radius 2 is 1.96 bits per heavy atom. The van der Waals surface area contributed by atoms with Gasteiger partial charge in [0.25, 0.3) is 0 Å². The maximum Gasteiger partial charge on any atom is 0.408 e. The van der Waals surface area contributed by atoms with Crippen molar-refractivity contribution < 1.29 is 29.0 Å². The first-order valence-corrected chi connectivity index (χ1v) is 8.27. The van der Waals surface area contributed by atoms with Crippen molar-refractivity contribution in [3.63, 3.8) is 0 Å². The largest absolute Gasteiger partial charge is 0.506 e. The van der Waals surface area contributed by atoms with Gasteiger partial charge in [-0.3, -0.25) is 9.78 Å². The van der Waals surface area contributed by atoms with Gasteiger partial charge in [0, 0.05) is 18.8 Å². The Kier molecular flexibility index (Phi) is 7.35. The summed E-state index contributed by atoms with van der Waals surface area (Å²) in [6, 6.07) is -1.05. The van der Waals surface area contributed by atoms with Gasteiger partial charge in [-0.15, -0.1) is 0 Å². The van der Waals surface area contributed by atoms with E-state index in [9.17, 15) is 19.5 Å². The number of Topliss-reactive ketones (excluding diaryl/α,β-unsaturated/α-hetero) is 1. The van der Waals surface area contributed by atoms with Gasteiger partial charge in [0.2, 0.25) is 0 Å². The molecule has 0 fully saturated rings. The molecule has 0 aliphatic heterocycles. The summed E-state index contributed by atoms with van der Waals surface area (Å²) in [6.07, 6.45) is 1.67. The van der Waals surface area contributed by atoms with Gasteiger partial charge in [-0.25, -0.2) is 9.59 Å². The first kappa shape index (κ1) is 20.9. The highest BCUT2D eigenvalue weighted by Crippen LogP contribution is 2.27. The summed E-state index contributed by atoms with van der Waals surface area (Å²) in [6.45, 7) is 5.06. The number of aromatic nitrogens is 1. The minimum absolute atomic E-state index is 0.0172. The van der Waals surface area contributed by atoms with E-state index in [4.69, 9.17) is 4.74 Å². The number of alkyl carbamates (subject to hydrolysis) is 1. The number of carbonyl (C=O) groups is 3. The molecule has 0 aromatic carbocycles. The molecule has 1 heterocycles. The number of nitrogens with zero attached hydrogens (tertiary/aromatic N) is 1. The van der Waals surface area contributed by atoms with Gasteiger partial charge in [-0.1, -0.05) is 0 Å². The fourth-order valence-corrected chi connectivity index (χ4v) is 2.22.